The number of aromatic nitrogens is 1. The molecule has 0 fully saturated rings. The number of nitrogens with zero attached hydrogens (tertiary/aromatic N) is 1. The van der Waals surface area contributed by atoms with Crippen molar-refractivity contribution < 1.29 is 13.9 Å². The van der Waals surface area contributed by atoms with Crippen molar-refractivity contribution in [2.45, 2.75) is 19.4 Å². The molecule has 1 unspecified atom stereocenters. The molecule has 94 valence electrons. The summed E-state index contributed by atoms with van der Waals surface area (Å²) in [5.41, 5.74) is 1.96. The highest BCUT2D eigenvalue weighted by atomic mass is 19.2. The van der Waals surface area contributed by atoms with Gasteiger partial charge in [-0.15, -0.1) is 0 Å². The summed E-state index contributed by atoms with van der Waals surface area (Å²) < 4.78 is 25.8. The van der Waals surface area contributed by atoms with E-state index < -0.39 is 17.7 Å². The van der Waals surface area contributed by atoms with Gasteiger partial charge >= 0.3 is 0 Å². The van der Waals surface area contributed by atoms with Gasteiger partial charge in [0.1, 0.15) is 6.10 Å². The van der Waals surface area contributed by atoms with E-state index in [0.29, 0.717) is 11.3 Å². The van der Waals surface area contributed by atoms with E-state index in [2.05, 4.69) is 4.98 Å². The number of hydrogen-bond donors (Lipinski definition) is 1. The summed E-state index contributed by atoms with van der Waals surface area (Å²) in [6.45, 7) is 1.84. The molecule has 0 aliphatic heterocycles. The highest BCUT2D eigenvalue weighted by Gasteiger charge is 2.13. The van der Waals surface area contributed by atoms with Crippen LogP contribution in [-0.2, 0) is 6.42 Å². The second kappa shape index (κ2) is 5.23. The van der Waals surface area contributed by atoms with E-state index in [4.69, 9.17) is 0 Å². The number of rotatable bonds is 3. The minimum Gasteiger partial charge on any atom is -0.386 e. The Morgan fingerprint density at radius 1 is 1.22 bits per heavy atom. The number of aliphatic hydroxyl groups is 1. The standard InChI is InChI=1S/C14H13F2NO/c1-9-3-2-6-17-14(9)13(18)8-10-4-5-11(15)12(16)7-10/h2-7,13,18H,8H2,1H3. The minimum atomic E-state index is -0.905. The second-order valence-electron chi connectivity index (χ2n) is 4.17. The fourth-order valence-electron chi connectivity index (χ4n) is 1.83. The monoisotopic (exact) mass is 249 g/mol. The third-order valence-electron chi connectivity index (χ3n) is 2.78. The highest BCUT2D eigenvalue weighted by molar-refractivity contribution is 5.24. The summed E-state index contributed by atoms with van der Waals surface area (Å²) in [6, 6.07) is 7.24. The van der Waals surface area contributed by atoms with E-state index in [1.807, 2.05) is 13.0 Å². The Labute approximate surface area is 104 Å². The van der Waals surface area contributed by atoms with Crippen LogP contribution in [0.1, 0.15) is 22.9 Å². The molecular weight excluding hydrogens is 236 g/mol. The highest BCUT2D eigenvalue weighted by Crippen LogP contribution is 2.20. The predicted octanol–water partition coefficient (Wildman–Crippen LogP) is 2.94. The van der Waals surface area contributed by atoms with Crippen molar-refractivity contribution >= 4 is 0 Å². The Kier molecular flexibility index (Phi) is 3.67. The number of hydrogen-bond acceptors (Lipinski definition) is 2. The van der Waals surface area contributed by atoms with E-state index >= 15 is 0 Å². The summed E-state index contributed by atoms with van der Waals surface area (Å²) in [6.07, 6.45) is 0.974. The van der Waals surface area contributed by atoms with Crippen molar-refractivity contribution in [2.24, 2.45) is 0 Å². The molecule has 1 heterocycles. The minimum absolute atomic E-state index is 0.203. The number of halogens is 2. The normalized spacial score (nSPS) is 12.4. The van der Waals surface area contributed by atoms with Crippen LogP contribution in [0.3, 0.4) is 0 Å². The molecule has 2 aromatic rings. The molecule has 2 rings (SSSR count). The van der Waals surface area contributed by atoms with E-state index in [0.717, 1.165) is 17.7 Å². The molecule has 1 atom stereocenters. The van der Waals surface area contributed by atoms with Crippen molar-refractivity contribution in [3.63, 3.8) is 0 Å². The molecule has 0 saturated carbocycles. The lowest BCUT2D eigenvalue weighted by molar-refractivity contribution is 0.172. The largest absolute Gasteiger partial charge is 0.386 e. The predicted molar refractivity (Wildman–Crippen MR) is 64.0 cm³/mol. The quantitative estimate of drug-likeness (QED) is 0.907. The summed E-state index contributed by atoms with van der Waals surface area (Å²) >= 11 is 0. The number of aliphatic hydroxyl groups excluding tert-OH is 1. The Morgan fingerprint density at radius 3 is 2.67 bits per heavy atom. The van der Waals surface area contributed by atoms with Crippen LogP contribution in [0.25, 0.3) is 0 Å². The van der Waals surface area contributed by atoms with Gasteiger partial charge in [0.15, 0.2) is 11.6 Å². The van der Waals surface area contributed by atoms with Crippen LogP contribution in [0.2, 0.25) is 0 Å². The molecule has 1 aromatic carbocycles. The zero-order valence-corrected chi connectivity index (χ0v) is 9.90. The van der Waals surface area contributed by atoms with Gasteiger partial charge in [0.25, 0.3) is 0 Å². The molecule has 18 heavy (non-hydrogen) atoms. The molecule has 0 spiro atoms. The molecule has 1 aromatic heterocycles. The van der Waals surface area contributed by atoms with E-state index in [-0.39, 0.29) is 6.42 Å². The fourth-order valence-corrected chi connectivity index (χ4v) is 1.83. The lowest BCUT2D eigenvalue weighted by atomic mass is 10.0. The summed E-state index contributed by atoms with van der Waals surface area (Å²) in [5.74, 6) is -1.79. The van der Waals surface area contributed by atoms with Gasteiger partial charge in [-0.05, 0) is 36.2 Å². The van der Waals surface area contributed by atoms with Crippen molar-refractivity contribution in [1.82, 2.24) is 4.98 Å². The smallest absolute Gasteiger partial charge is 0.159 e. The van der Waals surface area contributed by atoms with Gasteiger partial charge in [-0.2, -0.15) is 0 Å². The van der Waals surface area contributed by atoms with Gasteiger partial charge in [0.05, 0.1) is 5.69 Å². The van der Waals surface area contributed by atoms with Crippen molar-refractivity contribution in [3.8, 4) is 0 Å². The molecular formula is C14H13F2NO. The molecule has 0 saturated heterocycles. The summed E-state index contributed by atoms with van der Waals surface area (Å²) in [5, 5.41) is 10.0. The first-order valence-corrected chi connectivity index (χ1v) is 5.61. The zero-order chi connectivity index (χ0) is 13.1. The zero-order valence-electron chi connectivity index (χ0n) is 9.90. The van der Waals surface area contributed by atoms with Gasteiger partial charge in [0, 0.05) is 12.6 Å². The SMILES string of the molecule is Cc1cccnc1C(O)Cc1ccc(F)c(F)c1. The molecule has 2 nitrogen and oxygen atoms in total. The van der Waals surface area contributed by atoms with Crippen LogP contribution in [0.15, 0.2) is 36.5 Å². The van der Waals surface area contributed by atoms with Crippen molar-refractivity contribution in [3.05, 3.63) is 65.0 Å². The van der Waals surface area contributed by atoms with E-state index in [1.165, 1.54) is 6.07 Å². The molecule has 0 amide bonds. The third-order valence-corrected chi connectivity index (χ3v) is 2.78. The number of aryl methyl sites for hydroxylation is 1. The topological polar surface area (TPSA) is 33.1 Å². The summed E-state index contributed by atoms with van der Waals surface area (Å²) in [7, 11) is 0. The van der Waals surface area contributed by atoms with Gasteiger partial charge in [0.2, 0.25) is 0 Å². The molecule has 0 aliphatic rings. The van der Waals surface area contributed by atoms with Crippen LogP contribution in [0, 0.1) is 18.6 Å². The Bertz CT molecular complexity index is 557. The lowest BCUT2D eigenvalue weighted by Gasteiger charge is -2.12. The van der Waals surface area contributed by atoms with E-state index in [9.17, 15) is 13.9 Å². The number of pyridine rings is 1. The third kappa shape index (κ3) is 2.71. The molecule has 0 aliphatic carbocycles. The van der Waals surface area contributed by atoms with Gasteiger partial charge in [-0.1, -0.05) is 12.1 Å². The van der Waals surface area contributed by atoms with Crippen LogP contribution in [-0.4, -0.2) is 10.1 Å². The summed E-state index contributed by atoms with van der Waals surface area (Å²) in [4.78, 5) is 4.10. The first-order chi connectivity index (χ1) is 8.58. The maximum Gasteiger partial charge on any atom is 0.159 e. The van der Waals surface area contributed by atoms with Crippen LogP contribution >= 0.6 is 0 Å². The maximum absolute atomic E-state index is 13.0. The first-order valence-electron chi connectivity index (χ1n) is 5.61. The van der Waals surface area contributed by atoms with Crippen LogP contribution in [0.4, 0.5) is 8.78 Å². The van der Waals surface area contributed by atoms with Crippen molar-refractivity contribution in [1.29, 1.82) is 0 Å². The first kappa shape index (κ1) is 12.6. The average molecular weight is 249 g/mol. The Balaban J connectivity index is 2.19. The van der Waals surface area contributed by atoms with Gasteiger partial charge in [-0.3, -0.25) is 4.98 Å². The maximum atomic E-state index is 13.0. The number of benzene rings is 1. The van der Waals surface area contributed by atoms with Crippen LogP contribution in [0.5, 0.6) is 0 Å². The molecule has 0 bridgehead atoms. The fraction of sp³-hybridized carbons (Fsp3) is 0.214. The molecule has 1 N–H and O–H groups in total. The molecule has 0 radical (unpaired) electrons. The van der Waals surface area contributed by atoms with Gasteiger partial charge in [-0.25, -0.2) is 8.78 Å². The molecule has 4 heteroatoms. The second-order valence-corrected chi connectivity index (χ2v) is 4.17. The average Bonchev–Trinajstić information content (AvgIpc) is 2.34. The lowest BCUT2D eigenvalue weighted by Crippen LogP contribution is -2.06. The van der Waals surface area contributed by atoms with Crippen molar-refractivity contribution in [2.75, 3.05) is 0 Å². The van der Waals surface area contributed by atoms with E-state index in [1.54, 1.807) is 12.3 Å². The Hall–Kier alpha value is -1.81. The van der Waals surface area contributed by atoms with Gasteiger partial charge < -0.3 is 5.11 Å². The van der Waals surface area contributed by atoms with Crippen LogP contribution < -0.4 is 0 Å². The Morgan fingerprint density at radius 2 is 2.00 bits per heavy atom.